The van der Waals surface area contributed by atoms with E-state index in [2.05, 4.69) is 10.8 Å². The number of nitriles is 1. The number of hydrogen-bond acceptors (Lipinski definition) is 7. The van der Waals surface area contributed by atoms with Crippen LogP contribution in [0, 0.1) is 11.3 Å². The maximum absolute atomic E-state index is 12.7. The first kappa shape index (κ1) is 22.3. The molecule has 1 N–H and O–H groups in total. The average molecular weight is 438 g/mol. The van der Waals surface area contributed by atoms with Crippen molar-refractivity contribution in [2.75, 3.05) is 39.5 Å². The van der Waals surface area contributed by atoms with Crippen molar-refractivity contribution in [3.63, 3.8) is 0 Å². The number of carbonyl (C=O) groups excluding carboxylic acids is 1. The minimum atomic E-state index is -3.80. The molecule has 1 saturated heterocycles. The molecular weight excluding hydrogens is 410 g/mol. The van der Waals surface area contributed by atoms with Crippen LogP contribution in [-0.4, -0.2) is 64.8 Å². The van der Waals surface area contributed by atoms with Crippen LogP contribution >= 0.6 is 0 Å². The third-order valence-electron chi connectivity index (χ3n) is 5.08. The molecule has 0 aliphatic carbocycles. The molecule has 2 aliphatic heterocycles. The van der Waals surface area contributed by atoms with E-state index in [1.165, 1.54) is 12.1 Å². The van der Waals surface area contributed by atoms with Crippen molar-refractivity contribution in [1.29, 1.82) is 5.26 Å². The lowest BCUT2D eigenvalue weighted by molar-refractivity contribution is -0.135. The monoisotopic (exact) mass is 437 g/mol. The molecule has 0 aromatic heterocycles. The highest BCUT2D eigenvalue weighted by molar-refractivity contribution is 7.89. The summed E-state index contributed by atoms with van der Waals surface area (Å²) in [5.41, 5.74) is 0. The smallest absolute Gasteiger partial charge is 0.240 e. The lowest BCUT2D eigenvalue weighted by Gasteiger charge is -2.34. The van der Waals surface area contributed by atoms with Crippen molar-refractivity contribution >= 4 is 15.9 Å². The van der Waals surface area contributed by atoms with Gasteiger partial charge in [0.1, 0.15) is 0 Å². The Morgan fingerprint density at radius 3 is 2.63 bits per heavy atom. The molecule has 1 aromatic carbocycles. The van der Waals surface area contributed by atoms with E-state index in [-0.39, 0.29) is 36.2 Å². The summed E-state index contributed by atoms with van der Waals surface area (Å²) in [5, 5.41) is 8.88. The first-order chi connectivity index (χ1) is 14.5. The highest BCUT2D eigenvalue weighted by atomic mass is 32.2. The standard InChI is InChI=1S/C20H27N3O6S/c21-8-1-10-23(16-6-13-27-14-7-16)20(24)5-9-22-30(25,26)17-3-4-18-19(15-17)29-12-2-11-28-18/h3-4,15-16,22H,1-2,5-7,9-14H2. The molecule has 2 heterocycles. The van der Waals surface area contributed by atoms with E-state index in [0.29, 0.717) is 44.5 Å². The molecule has 30 heavy (non-hydrogen) atoms. The summed E-state index contributed by atoms with van der Waals surface area (Å²) in [6.07, 6.45) is 2.44. The molecule has 164 valence electrons. The zero-order valence-electron chi connectivity index (χ0n) is 16.8. The van der Waals surface area contributed by atoms with E-state index < -0.39 is 10.0 Å². The van der Waals surface area contributed by atoms with Crippen LogP contribution in [0.15, 0.2) is 23.1 Å². The minimum absolute atomic E-state index is 0.0204. The number of hydrogen-bond donors (Lipinski definition) is 1. The van der Waals surface area contributed by atoms with Gasteiger partial charge in [0.2, 0.25) is 15.9 Å². The molecule has 0 atom stereocenters. The predicted molar refractivity (Wildman–Crippen MR) is 108 cm³/mol. The van der Waals surface area contributed by atoms with Crippen LogP contribution < -0.4 is 14.2 Å². The Balaban J connectivity index is 1.59. The van der Waals surface area contributed by atoms with Gasteiger partial charge in [-0.15, -0.1) is 0 Å². The summed E-state index contributed by atoms with van der Waals surface area (Å²) >= 11 is 0. The van der Waals surface area contributed by atoms with Crippen molar-refractivity contribution in [1.82, 2.24) is 9.62 Å². The molecule has 3 rings (SSSR count). The van der Waals surface area contributed by atoms with Gasteiger partial charge in [-0.2, -0.15) is 5.26 Å². The van der Waals surface area contributed by atoms with E-state index in [0.717, 1.165) is 19.3 Å². The molecule has 1 fully saturated rings. The number of nitrogens with zero attached hydrogens (tertiary/aromatic N) is 2. The third-order valence-corrected chi connectivity index (χ3v) is 6.54. The van der Waals surface area contributed by atoms with Crippen LogP contribution in [0.25, 0.3) is 0 Å². The fraction of sp³-hybridized carbons (Fsp3) is 0.600. The Labute approximate surface area is 176 Å². The Hall–Kier alpha value is -2.35. The van der Waals surface area contributed by atoms with Gasteiger partial charge in [-0.05, 0) is 25.0 Å². The van der Waals surface area contributed by atoms with E-state index in [9.17, 15) is 13.2 Å². The zero-order valence-corrected chi connectivity index (χ0v) is 17.7. The molecule has 0 radical (unpaired) electrons. The lowest BCUT2D eigenvalue weighted by Crippen LogP contribution is -2.44. The number of nitrogens with one attached hydrogen (secondary N) is 1. The van der Waals surface area contributed by atoms with E-state index >= 15 is 0 Å². The van der Waals surface area contributed by atoms with Crippen LogP contribution in [0.1, 0.15) is 32.1 Å². The first-order valence-corrected chi connectivity index (χ1v) is 11.6. The van der Waals surface area contributed by atoms with Crippen LogP contribution in [0.3, 0.4) is 0 Å². The summed E-state index contributed by atoms with van der Waals surface area (Å²) < 4.78 is 44.2. The second-order valence-corrected chi connectivity index (χ2v) is 8.91. The topological polar surface area (TPSA) is 118 Å². The molecule has 2 aliphatic rings. The summed E-state index contributed by atoms with van der Waals surface area (Å²) in [4.78, 5) is 14.5. The van der Waals surface area contributed by atoms with Crippen molar-refractivity contribution in [3.8, 4) is 17.6 Å². The lowest BCUT2D eigenvalue weighted by atomic mass is 10.1. The van der Waals surface area contributed by atoms with Gasteiger partial charge in [0.05, 0.1) is 30.6 Å². The minimum Gasteiger partial charge on any atom is -0.490 e. The van der Waals surface area contributed by atoms with Gasteiger partial charge in [-0.3, -0.25) is 4.79 Å². The number of fused-ring (bicyclic) bond motifs is 1. The number of rotatable bonds is 8. The van der Waals surface area contributed by atoms with Crippen LogP contribution in [0.5, 0.6) is 11.5 Å². The molecule has 0 bridgehead atoms. The maximum Gasteiger partial charge on any atom is 0.240 e. The highest BCUT2D eigenvalue weighted by Crippen LogP contribution is 2.31. The molecule has 1 amide bonds. The van der Waals surface area contributed by atoms with Gasteiger partial charge < -0.3 is 19.1 Å². The number of carbonyl (C=O) groups is 1. The summed E-state index contributed by atoms with van der Waals surface area (Å²) in [5.74, 6) is 0.749. The van der Waals surface area contributed by atoms with Gasteiger partial charge in [0, 0.05) is 51.3 Å². The summed E-state index contributed by atoms with van der Waals surface area (Å²) in [6, 6.07) is 6.56. The molecule has 0 unspecified atom stereocenters. The number of benzene rings is 1. The van der Waals surface area contributed by atoms with E-state index in [1.54, 1.807) is 11.0 Å². The second-order valence-electron chi connectivity index (χ2n) is 7.15. The molecular formula is C20H27N3O6S. The SMILES string of the molecule is N#CCCN(C(=O)CCNS(=O)(=O)c1ccc2c(c1)OCCCO2)C1CCOCC1. The molecule has 1 aromatic rings. The van der Waals surface area contributed by atoms with E-state index in [1.807, 2.05) is 0 Å². The Bertz CT molecular complexity index is 877. The van der Waals surface area contributed by atoms with Gasteiger partial charge in [-0.25, -0.2) is 13.1 Å². The maximum atomic E-state index is 12.7. The van der Waals surface area contributed by atoms with Gasteiger partial charge in [0.25, 0.3) is 0 Å². The van der Waals surface area contributed by atoms with Crippen molar-refractivity contribution in [3.05, 3.63) is 18.2 Å². The van der Waals surface area contributed by atoms with Crippen LogP contribution in [0.2, 0.25) is 0 Å². The average Bonchev–Trinajstić information content (AvgIpc) is 2.99. The zero-order chi connectivity index (χ0) is 21.4. The number of amides is 1. The highest BCUT2D eigenvalue weighted by Gasteiger charge is 2.26. The fourth-order valence-corrected chi connectivity index (χ4v) is 4.56. The molecule has 10 heteroatoms. The summed E-state index contributed by atoms with van der Waals surface area (Å²) in [7, 11) is -3.80. The van der Waals surface area contributed by atoms with Crippen LogP contribution in [-0.2, 0) is 19.6 Å². The Morgan fingerprint density at radius 2 is 1.90 bits per heavy atom. The first-order valence-electron chi connectivity index (χ1n) is 10.1. The fourth-order valence-electron chi connectivity index (χ4n) is 3.51. The normalized spacial score (nSPS) is 17.0. The molecule has 9 nitrogen and oxygen atoms in total. The quantitative estimate of drug-likeness (QED) is 0.654. The van der Waals surface area contributed by atoms with Crippen LogP contribution in [0.4, 0.5) is 0 Å². The van der Waals surface area contributed by atoms with Gasteiger partial charge >= 0.3 is 0 Å². The van der Waals surface area contributed by atoms with Crippen molar-refractivity contribution in [2.45, 2.75) is 43.0 Å². The molecule has 0 spiro atoms. The molecule has 0 saturated carbocycles. The number of ether oxygens (including phenoxy) is 3. The third kappa shape index (κ3) is 5.84. The number of sulfonamides is 1. The second kappa shape index (κ2) is 10.6. The Morgan fingerprint density at radius 1 is 1.17 bits per heavy atom. The summed E-state index contributed by atoms with van der Waals surface area (Å²) in [6.45, 7) is 2.46. The van der Waals surface area contributed by atoms with Gasteiger partial charge in [0.15, 0.2) is 11.5 Å². The van der Waals surface area contributed by atoms with Crippen molar-refractivity contribution < 1.29 is 27.4 Å². The van der Waals surface area contributed by atoms with E-state index in [4.69, 9.17) is 19.5 Å². The largest absolute Gasteiger partial charge is 0.490 e. The van der Waals surface area contributed by atoms with Crippen molar-refractivity contribution in [2.24, 2.45) is 0 Å². The van der Waals surface area contributed by atoms with Gasteiger partial charge in [-0.1, -0.05) is 0 Å². The Kier molecular flexibility index (Phi) is 7.90. The predicted octanol–water partition coefficient (Wildman–Crippen LogP) is 1.44.